The first-order valence-electron chi connectivity index (χ1n) is 42.6. The number of fused-ring (bicyclic) bond motifs is 6. The van der Waals surface area contributed by atoms with Gasteiger partial charge in [-0.05, 0) is 165 Å². The van der Waals surface area contributed by atoms with Crippen LogP contribution in [0.1, 0.15) is 61.1 Å². The van der Waals surface area contributed by atoms with Gasteiger partial charge >= 0.3 is 20.1 Å². The van der Waals surface area contributed by atoms with Crippen LogP contribution in [0.3, 0.4) is 0 Å². The molecule has 15 heteroatoms. The zero-order chi connectivity index (χ0) is 91.1. The van der Waals surface area contributed by atoms with Crippen molar-refractivity contribution in [2.45, 2.75) is 69.2 Å². The fourth-order valence-corrected chi connectivity index (χ4v) is 14.5. The molecule has 0 fully saturated rings. The summed E-state index contributed by atoms with van der Waals surface area (Å²) in [5, 5.41) is 21.2. The second-order valence-electron chi connectivity index (χ2n) is 30.8. The van der Waals surface area contributed by atoms with E-state index in [9.17, 15) is 9.59 Å². The second-order valence-corrected chi connectivity index (χ2v) is 30.8. The number of allylic oxidation sites excluding steroid dienone is 4. The number of aryl methyl sites for hydroxylation is 6. The van der Waals surface area contributed by atoms with Crippen molar-refractivity contribution in [1.29, 1.82) is 0 Å². The molecule has 2 N–H and O–H groups in total. The van der Waals surface area contributed by atoms with Crippen molar-refractivity contribution in [2.75, 3.05) is 0 Å². The van der Waals surface area contributed by atoms with Crippen LogP contribution in [0.5, 0.6) is 0 Å². The number of para-hydroxylation sites is 2. The summed E-state index contributed by atoms with van der Waals surface area (Å²) in [7, 11) is 0. The predicted molar refractivity (Wildman–Crippen MR) is 531 cm³/mol. The average Bonchev–Trinajstić information content (AvgIpc) is 1.61. The molecule has 20 rings (SSSR count). The van der Waals surface area contributed by atoms with Gasteiger partial charge in [0.1, 0.15) is 11.2 Å². The first kappa shape index (κ1) is 104. The molecule has 0 aliphatic carbocycles. The predicted octanol–water partition coefficient (Wildman–Crippen LogP) is 30.1. The number of furan rings is 2. The summed E-state index contributed by atoms with van der Waals surface area (Å²) < 4.78 is 12.5. The smallest absolute Gasteiger partial charge is 0.512 e. The number of carbonyl (C=O) groups is 2. The van der Waals surface area contributed by atoms with E-state index in [1.54, 1.807) is 6.20 Å². The van der Waals surface area contributed by atoms with Crippen LogP contribution < -0.4 is 0 Å². The number of ketones is 2. The van der Waals surface area contributed by atoms with E-state index < -0.39 is 0 Å². The molecule has 13 aromatic carbocycles. The molecule has 3 radical (unpaired) electrons. The quantitative estimate of drug-likeness (QED) is 0.0679. The zero-order valence-electron chi connectivity index (χ0n) is 75.5. The first-order valence-corrected chi connectivity index (χ1v) is 42.6. The Morgan fingerprint density at radius 2 is 0.672 bits per heavy atom. The Labute approximate surface area is 839 Å². The van der Waals surface area contributed by atoms with E-state index in [2.05, 4.69) is 266 Å². The molecule has 0 bridgehead atoms. The van der Waals surface area contributed by atoms with Crippen molar-refractivity contribution >= 4 is 55.4 Å². The van der Waals surface area contributed by atoms with Crippen LogP contribution in [0.2, 0.25) is 0 Å². The number of aromatic nitrogens is 5. The van der Waals surface area contributed by atoms with Gasteiger partial charge in [0.15, 0.2) is 11.6 Å². The maximum Gasteiger partial charge on any atom is 3.00 e. The fourth-order valence-electron chi connectivity index (χ4n) is 14.5. The third-order valence-corrected chi connectivity index (χ3v) is 20.5. The Bertz CT molecular complexity index is 6900. The summed E-state index contributed by atoms with van der Waals surface area (Å²) in [6.07, 6.45) is 11.5. The normalized spacial score (nSPS) is 10.4. The molecule has 0 amide bonds. The topological polar surface area (TPSA) is 165 Å². The minimum absolute atomic E-state index is 0. The van der Waals surface area contributed by atoms with Gasteiger partial charge in [-0.25, -0.2) is 11.1 Å². The van der Waals surface area contributed by atoms with Crippen LogP contribution in [0.4, 0.5) is 0 Å². The number of hydrogen-bond donors (Lipinski definition) is 2. The van der Waals surface area contributed by atoms with Crippen LogP contribution in [0.25, 0.3) is 156 Å². The minimum atomic E-state index is -0.125. The molecule has 11 nitrogen and oxygen atoms in total. The maximum atomic E-state index is 10.0. The standard InChI is InChI=1S/2C24H16NO.C19H16N.C19H14.C12H10N.C11H8N.2C5H8O2.4Ir/c2*1-16-7-5-10-19-20-11-6-12-21(24(20)26-23(16)19)22-15-18(13-14-25-22)17-8-3-2-4-9-17;1-14-10-15(2)12-18(11-14)17-8-9-20-19(13-17)16-6-4-3-5-7-16;1-15-14-18(16-8-4-2-5-9-16)12-13-19(15)17-10-6-3-7-11-17;1-10-7-8-12(13-9-10)11-5-3-2-4-6-11;1-2-6-10(7-3-1)11-8-4-5-9-12-11;2*1-4(6)3-5(2)7;;;;/h2*2-11,13-15H,1H3;3-6,8-13H,1-2H3;2-8,10-11,13-14H,1H3;2-5,7-9H,1H3;1-6,8-9H;2*3,6H,1-2H3;;;;/q3*-1;-2;2*-1;;;;;;+3. The van der Waals surface area contributed by atoms with E-state index in [1.165, 1.54) is 95.5 Å². The molecule has 0 saturated heterocycles. The number of hydrogen-bond acceptors (Lipinski definition) is 11. The average molecular weight is 2460 g/mol. The van der Waals surface area contributed by atoms with Gasteiger partial charge in [-0.1, -0.05) is 239 Å². The van der Waals surface area contributed by atoms with Crippen molar-refractivity contribution in [3.05, 3.63) is 476 Å². The molecule has 0 atom stereocenters. The van der Waals surface area contributed by atoms with Gasteiger partial charge in [0, 0.05) is 114 Å². The van der Waals surface area contributed by atoms with Crippen LogP contribution in [0.15, 0.2) is 409 Å². The number of aliphatic hydroxyl groups is 2. The molecular formula is C119H96Ir4N5O6-4. The van der Waals surface area contributed by atoms with Crippen LogP contribution in [0, 0.1) is 84.0 Å². The molecule has 0 aliphatic heterocycles. The minimum Gasteiger partial charge on any atom is -0.512 e. The SMILES string of the molecule is CC(=O)C=C(C)O.CC(=O)C=C(C)O.Cc1cc(-c2[c-]cccc2)[c-]cc1-c1ccccc1.Cc1cc(C)cc(-c2ccnc(-c3[c-]cccc3)c2)c1.Cc1ccc(-c2[c-]cccc2)nc1.Cc1cccc2c1oc1c(-c3cc(-c4ccccc4)ccn3)[c-]ccc12.Cc1cccc2c1oc1c(-c3cc(-c4ccccc4)ccn3)[c-]ccc12.[Ir+3].[Ir].[Ir].[Ir].[c-]1ccccc1-c1ccccn1. The van der Waals surface area contributed by atoms with E-state index in [0.29, 0.717) is 0 Å². The number of carbonyl (C=O) groups excluding carboxylic acids is 2. The van der Waals surface area contributed by atoms with Gasteiger partial charge in [0.25, 0.3) is 0 Å². The molecule has 0 aliphatic rings. The third-order valence-electron chi connectivity index (χ3n) is 20.5. The molecular weight excluding hydrogens is 2360 g/mol. The third kappa shape index (κ3) is 29.4. The largest absolute Gasteiger partial charge is 3.00 e. The van der Waals surface area contributed by atoms with E-state index in [1.807, 2.05) is 214 Å². The molecule has 0 saturated carbocycles. The van der Waals surface area contributed by atoms with Crippen molar-refractivity contribution in [2.24, 2.45) is 0 Å². The zero-order valence-corrected chi connectivity index (χ0v) is 85.1. The Kier molecular flexibility index (Phi) is 40.7. The molecule has 0 unspecified atom stereocenters. The summed E-state index contributed by atoms with van der Waals surface area (Å²) >= 11 is 0. The number of nitrogens with zero attached hydrogens (tertiary/aromatic N) is 5. The summed E-state index contributed by atoms with van der Waals surface area (Å²) in [6, 6.07) is 139. The van der Waals surface area contributed by atoms with Gasteiger partial charge in [-0.15, -0.1) is 162 Å². The molecule has 134 heavy (non-hydrogen) atoms. The number of pyridine rings is 5. The van der Waals surface area contributed by atoms with E-state index in [-0.39, 0.29) is 104 Å². The van der Waals surface area contributed by atoms with E-state index in [0.717, 1.165) is 134 Å². The van der Waals surface area contributed by atoms with E-state index >= 15 is 0 Å². The summed E-state index contributed by atoms with van der Waals surface area (Å²) in [5.74, 6) is -0.125. The van der Waals surface area contributed by atoms with Gasteiger partial charge in [0.2, 0.25) is 0 Å². The summed E-state index contributed by atoms with van der Waals surface area (Å²) in [4.78, 5) is 42.2. The molecule has 0 spiro atoms. The van der Waals surface area contributed by atoms with Gasteiger partial charge in [-0.3, -0.25) is 9.59 Å². The van der Waals surface area contributed by atoms with Crippen molar-refractivity contribution in [3.63, 3.8) is 0 Å². The first-order chi connectivity index (χ1) is 63.3. The summed E-state index contributed by atoms with van der Waals surface area (Å²) in [5.41, 5.74) is 32.1. The number of aliphatic hydroxyl groups excluding tert-OH is 2. The Morgan fingerprint density at radius 1 is 0.284 bits per heavy atom. The van der Waals surface area contributed by atoms with Crippen LogP contribution in [-0.2, 0) is 90.0 Å². The summed E-state index contributed by atoms with van der Waals surface area (Å²) in [6.45, 7) is 18.3. The van der Waals surface area contributed by atoms with E-state index in [4.69, 9.17) is 19.0 Å². The molecule has 20 aromatic rings. The number of rotatable bonds is 12. The van der Waals surface area contributed by atoms with Gasteiger partial charge in [0.05, 0.1) is 22.7 Å². The molecule has 673 valence electrons. The fraction of sp³-hybridized carbons (Fsp3) is 0.0840. The Hall–Kier alpha value is -13.8. The van der Waals surface area contributed by atoms with Gasteiger partial charge < -0.3 is 44.0 Å². The molecule has 7 aromatic heterocycles. The number of benzene rings is 13. The second kappa shape index (κ2) is 52.5. The van der Waals surface area contributed by atoms with Crippen LogP contribution >= 0.6 is 0 Å². The Balaban J connectivity index is 0.000000177. The Morgan fingerprint density at radius 3 is 1.07 bits per heavy atom. The molecule has 7 heterocycles. The monoisotopic (exact) mass is 2460 g/mol. The van der Waals surface area contributed by atoms with Crippen molar-refractivity contribution < 1.29 is 109 Å². The van der Waals surface area contributed by atoms with Crippen LogP contribution in [-0.4, -0.2) is 46.7 Å². The van der Waals surface area contributed by atoms with Gasteiger partial charge in [-0.2, -0.15) is 36.4 Å². The van der Waals surface area contributed by atoms with Crippen molar-refractivity contribution in [1.82, 2.24) is 24.9 Å². The maximum absolute atomic E-state index is 10.0. The van der Waals surface area contributed by atoms with Crippen molar-refractivity contribution in [3.8, 4) is 112 Å².